The molecule has 0 saturated heterocycles. The van der Waals surface area contributed by atoms with Crippen LogP contribution >= 0.6 is 11.6 Å². The van der Waals surface area contributed by atoms with E-state index in [1.165, 1.54) is 0 Å². The second-order valence-corrected chi connectivity index (χ2v) is 7.35. The maximum atomic E-state index is 12.8. The number of anilines is 1. The average molecular weight is 382 g/mol. The first kappa shape index (κ1) is 17.7. The Morgan fingerprint density at radius 3 is 2.81 bits per heavy atom. The van der Waals surface area contributed by atoms with Crippen molar-refractivity contribution in [2.45, 2.75) is 39.2 Å². The van der Waals surface area contributed by atoms with Crippen LogP contribution < -0.4 is 10.9 Å². The number of fused-ring (bicyclic) bond motifs is 2. The molecule has 0 radical (unpaired) electrons. The van der Waals surface area contributed by atoms with Crippen LogP contribution in [-0.4, -0.2) is 15.5 Å². The molecule has 1 aliphatic rings. The first-order valence-corrected chi connectivity index (χ1v) is 9.52. The average Bonchev–Trinajstić information content (AvgIpc) is 2.90. The molecule has 27 heavy (non-hydrogen) atoms. The van der Waals surface area contributed by atoms with Crippen LogP contribution in [0, 0.1) is 6.92 Å². The zero-order valence-corrected chi connectivity index (χ0v) is 15.8. The van der Waals surface area contributed by atoms with Gasteiger partial charge in [-0.25, -0.2) is 4.98 Å². The Kier molecular flexibility index (Phi) is 4.70. The molecule has 4 rings (SSSR count). The fourth-order valence-corrected chi connectivity index (χ4v) is 3.61. The lowest BCUT2D eigenvalue weighted by Crippen LogP contribution is -2.24. The third kappa shape index (κ3) is 3.47. The maximum Gasteiger partial charge on any atom is 0.261 e. The molecule has 0 saturated carbocycles. The van der Waals surface area contributed by atoms with Crippen molar-refractivity contribution in [1.82, 2.24) is 9.55 Å². The van der Waals surface area contributed by atoms with Gasteiger partial charge in [-0.1, -0.05) is 24.1 Å². The highest BCUT2D eigenvalue weighted by atomic mass is 35.5. The minimum absolute atomic E-state index is 0.0193. The highest BCUT2D eigenvalue weighted by molar-refractivity contribution is 6.31. The van der Waals surface area contributed by atoms with E-state index in [9.17, 15) is 9.59 Å². The van der Waals surface area contributed by atoms with E-state index in [4.69, 9.17) is 11.6 Å². The first-order valence-electron chi connectivity index (χ1n) is 9.14. The van der Waals surface area contributed by atoms with Crippen molar-refractivity contribution >= 4 is 34.1 Å². The maximum absolute atomic E-state index is 12.8. The minimum Gasteiger partial charge on any atom is -0.322 e. The molecule has 1 aromatic heterocycles. The van der Waals surface area contributed by atoms with Gasteiger partial charge in [0.05, 0.1) is 10.9 Å². The topological polar surface area (TPSA) is 64.0 Å². The summed E-state index contributed by atoms with van der Waals surface area (Å²) in [6, 6.07) is 10.4. The molecule has 1 aliphatic heterocycles. The predicted molar refractivity (Wildman–Crippen MR) is 108 cm³/mol. The summed E-state index contributed by atoms with van der Waals surface area (Å²) >= 11 is 6.12. The van der Waals surface area contributed by atoms with Gasteiger partial charge in [-0.15, -0.1) is 0 Å². The van der Waals surface area contributed by atoms with Gasteiger partial charge in [0.15, 0.2) is 0 Å². The Bertz CT molecular complexity index is 1100. The highest BCUT2D eigenvalue weighted by Crippen LogP contribution is 2.21. The van der Waals surface area contributed by atoms with E-state index >= 15 is 0 Å². The Balaban J connectivity index is 1.69. The van der Waals surface area contributed by atoms with Gasteiger partial charge in [-0.2, -0.15) is 0 Å². The van der Waals surface area contributed by atoms with Crippen LogP contribution in [-0.2, 0) is 13.0 Å². The van der Waals surface area contributed by atoms with Crippen LogP contribution in [0.5, 0.6) is 0 Å². The lowest BCUT2D eigenvalue weighted by Gasteiger charge is -2.11. The van der Waals surface area contributed by atoms with E-state index in [1.54, 1.807) is 28.8 Å². The number of nitrogens with one attached hydrogen (secondary N) is 1. The molecule has 6 heteroatoms. The molecular formula is C21H20ClN3O2. The standard InChI is InChI=1S/C21H20ClN3O2/c1-13-6-8-15(12-17(13)22)23-20(26)14-7-9-16-18(11-14)24-19-5-3-2-4-10-25(19)21(16)27/h6-9,11-12H,2-5,10H2,1H3,(H,23,26). The lowest BCUT2D eigenvalue weighted by molar-refractivity contribution is 0.102. The highest BCUT2D eigenvalue weighted by Gasteiger charge is 2.15. The van der Waals surface area contributed by atoms with E-state index in [2.05, 4.69) is 10.3 Å². The number of carbonyl (C=O) groups excluding carboxylic acids is 1. The van der Waals surface area contributed by atoms with Crippen LogP contribution in [0.25, 0.3) is 10.9 Å². The molecule has 5 nitrogen and oxygen atoms in total. The second kappa shape index (κ2) is 7.16. The molecule has 2 heterocycles. The summed E-state index contributed by atoms with van der Waals surface area (Å²) in [7, 11) is 0. The zero-order chi connectivity index (χ0) is 19.0. The Labute approximate surface area is 162 Å². The van der Waals surface area contributed by atoms with E-state index in [1.807, 2.05) is 19.1 Å². The molecule has 1 amide bonds. The number of benzene rings is 2. The van der Waals surface area contributed by atoms with Crippen molar-refractivity contribution in [2.24, 2.45) is 0 Å². The summed E-state index contributed by atoms with van der Waals surface area (Å²) in [5, 5.41) is 4.00. The number of aromatic nitrogens is 2. The molecule has 0 unspecified atom stereocenters. The van der Waals surface area contributed by atoms with Crippen LogP contribution in [0.15, 0.2) is 41.2 Å². The van der Waals surface area contributed by atoms with Gasteiger partial charge in [0, 0.05) is 29.2 Å². The fourth-order valence-electron chi connectivity index (χ4n) is 3.43. The third-order valence-electron chi connectivity index (χ3n) is 5.01. The summed E-state index contributed by atoms with van der Waals surface area (Å²) in [5.41, 5.74) is 2.60. The minimum atomic E-state index is -0.256. The van der Waals surface area contributed by atoms with Crippen LogP contribution in [0.1, 0.15) is 41.0 Å². The fraction of sp³-hybridized carbons (Fsp3) is 0.286. The molecular weight excluding hydrogens is 362 g/mol. The monoisotopic (exact) mass is 381 g/mol. The van der Waals surface area contributed by atoms with Gasteiger partial charge in [0.2, 0.25) is 0 Å². The smallest absolute Gasteiger partial charge is 0.261 e. The normalized spacial score (nSPS) is 13.9. The number of carbonyl (C=O) groups is 1. The Morgan fingerprint density at radius 2 is 2.00 bits per heavy atom. The summed E-state index contributed by atoms with van der Waals surface area (Å²) in [5.74, 6) is 0.557. The molecule has 0 fully saturated rings. The van der Waals surface area contributed by atoms with Crippen molar-refractivity contribution in [2.75, 3.05) is 5.32 Å². The van der Waals surface area contributed by atoms with Crippen molar-refractivity contribution in [3.05, 3.63) is 68.7 Å². The molecule has 0 atom stereocenters. The number of rotatable bonds is 2. The van der Waals surface area contributed by atoms with Crippen LogP contribution in [0.3, 0.4) is 0 Å². The molecule has 2 aromatic carbocycles. The van der Waals surface area contributed by atoms with Crippen LogP contribution in [0.4, 0.5) is 5.69 Å². The Hall–Kier alpha value is -2.66. The van der Waals surface area contributed by atoms with Crippen LogP contribution in [0.2, 0.25) is 5.02 Å². The van der Waals surface area contributed by atoms with Gasteiger partial charge in [0.1, 0.15) is 5.82 Å². The third-order valence-corrected chi connectivity index (χ3v) is 5.42. The summed E-state index contributed by atoms with van der Waals surface area (Å²) < 4.78 is 1.78. The van der Waals surface area contributed by atoms with Gasteiger partial charge >= 0.3 is 0 Å². The molecule has 138 valence electrons. The SMILES string of the molecule is Cc1ccc(NC(=O)c2ccc3c(=O)n4c(nc3c2)CCCCC4)cc1Cl. The number of hydrogen-bond acceptors (Lipinski definition) is 3. The second-order valence-electron chi connectivity index (χ2n) is 6.95. The van der Waals surface area contributed by atoms with Crippen molar-refractivity contribution in [3.63, 3.8) is 0 Å². The van der Waals surface area contributed by atoms with Gasteiger partial charge < -0.3 is 5.32 Å². The number of amides is 1. The number of hydrogen-bond donors (Lipinski definition) is 1. The first-order chi connectivity index (χ1) is 13.0. The quantitative estimate of drug-likeness (QED) is 0.718. The van der Waals surface area contributed by atoms with E-state index in [0.29, 0.717) is 33.7 Å². The molecule has 0 aliphatic carbocycles. The van der Waals surface area contributed by atoms with Gasteiger partial charge in [-0.3, -0.25) is 14.2 Å². The molecule has 1 N–H and O–H groups in total. The summed E-state index contributed by atoms with van der Waals surface area (Å²) in [4.78, 5) is 30.1. The van der Waals surface area contributed by atoms with Crippen molar-refractivity contribution in [3.8, 4) is 0 Å². The molecule has 0 bridgehead atoms. The largest absolute Gasteiger partial charge is 0.322 e. The van der Waals surface area contributed by atoms with Crippen molar-refractivity contribution in [1.29, 1.82) is 0 Å². The predicted octanol–water partition coefficient (Wildman–Crippen LogP) is 4.34. The number of halogens is 1. The Morgan fingerprint density at radius 1 is 1.15 bits per heavy atom. The lowest BCUT2D eigenvalue weighted by atomic mass is 10.1. The summed E-state index contributed by atoms with van der Waals surface area (Å²) in [6.45, 7) is 2.62. The number of aryl methyl sites for hydroxylation is 2. The van der Waals surface area contributed by atoms with E-state index < -0.39 is 0 Å². The van der Waals surface area contributed by atoms with E-state index in [0.717, 1.165) is 37.1 Å². The molecule has 0 spiro atoms. The van der Waals surface area contributed by atoms with Gasteiger partial charge in [0.25, 0.3) is 11.5 Å². The van der Waals surface area contributed by atoms with Crippen molar-refractivity contribution < 1.29 is 4.79 Å². The molecule has 3 aromatic rings. The summed E-state index contributed by atoms with van der Waals surface area (Å²) in [6.07, 6.45) is 3.93. The van der Waals surface area contributed by atoms with E-state index in [-0.39, 0.29) is 11.5 Å². The number of nitrogens with zero attached hydrogens (tertiary/aromatic N) is 2. The van der Waals surface area contributed by atoms with Gasteiger partial charge in [-0.05, 0) is 55.7 Å². The zero-order valence-electron chi connectivity index (χ0n) is 15.1.